The molecule has 0 amide bonds. The highest BCUT2D eigenvalue weighted by Crippen LogP contribution is 2.11. The minimum absolute atomic E-state index is 0. The first-order valence-electron chi connectivity index (χ1n) is 3.28. The first-order chi connectivity index (χ1) is 5.16. The highest BCUT2D eigenvalue weighted by molar-refractivity contribution is 5.85. The lowest BCUT2D eigenvalue weighted by Crippen LogP contribution is -2.51. The molecule has 0 spiro atoms. The lowest BCUT2D eigenvalue weighted by atomic mass is 10.0. The molecule has 0 radical (unpaired) electrons. The molecular formula is C6H12O6. The van der Waals surface area contributed by atoms with E-state index in [-0.39, 0.29) is 12.1 Å². The van der Waals surface area contributed by atoms with Crippen LogP contribution in [0.25, 0.3) is 0 Å². The van der Waals surface area contributed by atoms with Gasteiger partial charge in [0.05, 0.1) is 6.61 Å². The maximum atomic E-state index is 10.6. The number of hydrogen-bond donors (Lipinski definition) is 3. The number of ketones is 1. The van der Waals surface area contributed by atoms with Gasteiger partial charge in [-0.1, -0.05) is 0 Å². The van der Waals surface area contributed by atoms with Gasteiger partial charge in [0.1, 0.15) is 24.9 Å². The first kappa shape index (κ1) is 11.5. The molecule has 1 fully saturated rings. The molecule has 5 N–H and O–H groups in total. The number of Topliss-reactive ketones (excluding diaryl/α,β-unsaturated/α-hetero) is 1. The zero-order chi connectivity index (χ0) is 8.43. The standard InChI is InChI=1S/C6H10O5.H2O/c7-1-4-6(10)5(9)3(8)2-11-4;/h4-7,9-10H,1-2H2;1H2/t4-,5-,6-;/m1./s1. The van der Waals surface area contributed by atoms with Crippen molar-refractivity contribution in [3.63, 3.8) is 0 Å². The monoisotopic (exact) mass is 180 g/mol. The lowest BCUT2D eigenvalue weighted by molar-refractivity contribution is -0.170. The molecule has 3 atom stereocenters. The molecule has 1 aliphatic rings. The lowest BCUT2D eigenvalue weighted by Gasteiger charge is -2.29. The van der Waals surface area contributed by atoms with Gasteiger partial charge in [-0.15, -0.1) is 0 Å². The van der Waals surface area contributed by atoms with Crippen LogP contribution in [0.4, 0.5) is 0 Å². The second-order valence-electron chi connectivity index (χ2n) is 2.43. The number of ether oxygens (including phenoxy) is 1. The number of hydrogen-bond acceptors (Lipinski definition) is 5. The zero-order valence-corrected chi connectivity index (χ0v) is 6.30. The average Bonchev–Trinajstić information content (AvgIpc) is 2.01. The van der Waals surface area contributed by atoms with Crippen LogP contribution in [-0.2, 0) is 9.53 Å². The van der Waals surface area contributed by atoms with E-state index in [4.69, 9.17) is 20.1 Å². The molecular weight excluding hydrogens is 168 g/mol. The van der Waals surface area contributed by atoms with Crippen LogP contribution in [0.3, 0.4) is 0 Å². The predicted octanol–water partition coefficient (Wildman–Crippen LogP) is -3.16. The minimum atomic E-state index is -1.42. The van der Waals surface area contributed by atoms with E-state index >= 15 is 0 Å². The highest BCUT2D eigenvalue weighted by Gasteiger charge is 2.36. The fourth-order valence-corrected chi connectivity index (χ4v) is 0.928. The number of rotatable bonds is 1. The van der Waals surface area contributed by atoms with Crippen molar-refractivity contribution in [1.82, 2.24) is 0 Å². The van der Waals surface area contributed by atoms with E-state index in [1.165, 1.54) is 0 Å². The smallest absolute Gasteiger partial charge is 0.189 e. The van der Waals surface area contributed by atoms with E-state index in [1.54, 1.807) is 0 Å². The van der Waals surface area contributed by atoms with E-state index in [2.05, 4.69) is 0 Å². The number of carbonyl (C=O) groups excluding carboxylic acids is 1. The quantitative estimate of drug-likeness (QED) is 0.393. The van der Waals surface area contributed by atoms with Crippen LogP contribution in [0, 0.1) is 0 Å². The van der Waals surface area contributed by atoms with Crippen molar-refractivity contribution in [2.75, 3.05) is 13.2 Å². The average molecular weight is 180 g/mol. The van der Waals surface area contributed by atoms with Crippen molar-refractivity contribution in [2.24, 2.45) is 0 Å². The molecule has 72 valence electrons. The molecule has 0 aromatic heterocycles. The van der Waals surface area contributed by atoms with E-state index in [9.17, 15) is 4.79 Å². The third kappa shape index (κ3) is 1.99. The summed E-state index contributed by atoms with van der Waals surface area (Å²) in [5, 5.41) is 26.6. The molecule has 0 aliphatic carbocycles. The summed E-state index contributed by atoms with van der Waals surface area (Å²) < 4.78 is 4.71. The van der Waals surface area contributed by atoms with Gasteiger partial charge >= 0.3 is 0 Å². The van der Waals surface area contributed by atoms with Crippen LogP contribution < -0.4 is 0 Å². The Morgan fingerprint density at radius 2 is 2.08 bits per heavy atom. The summed E-state index contributed by atoms with van der Waals surface area (Å²) in [7, 11) is 0. The molecule has 0 unspecified atom stereocenters. The molecule has 6 heteroatoms. The molecule has 0 bridgehead atoms. The summed E-state index contributed by atoms with van der Waals surface area (Å²) in [5.74, 6) is -0.554. The van der Waals surface area contributed by atoms with Crippen molar-refractivity contribution >= 4 is 5.78 Å². The van der Waals surface area contributed by atoms with Gasteiger partial charge in [-0.2, -0.15) is 0 Å². The van der Waals surface area contributed by atoms with Crippen molar-refractivity contribution < 1.29 is 30.3 Å². The summed E-state index contributed by atoms with van der Waals surface area (Å²) in [6.07, 6.45) is -3.56. The minimum Gasteiger partial charge on any atom is -0.412 e. The number of aliphatic hydroxyl groups is 3. The van der Waals surface area contributed by atoms with Crippen LogP contribution >= 0.6 is 0 Å². The van der Waals surface area contributed by atoms with E-state index < -0.39 is 30.7 Å². The third-order valence-corrected chi connectivity index (χ3v) is 1.65. The molecule has 1 saturated heterocycles. The Balaban J connectivity index is 0.00000121. The Hall–Kier alpha value is -0.530. The van der Waals surface area contributed by atoms with Crippen LogP contribution in [0.1, 0.15) is 0 Å². The molecule has 0 aromatic rings. The zero-order valence-electron chi connectivity index (χ0n) is 6.30. The summed E-state index contributed by atoms with van der Waals surface area (Å²) >= 11 is 0. The molecule has 0 aromatic carbocycles. The van der Waals surface area contributed by atoms with Crippen molar-refractivity contribution in [1.29, 1.82) is 0 Å². The second kappa shape index (κ2) is 4.48. The van der Waals surface area contributed by atoms with Gasteiger partial charge in [-0.05, 0) is 0 Å². The topological polar surface area (TPSA) is 118 Å². The Morgan fingerprint density at radius 1 is 1.50 bits per heavy atom. The fourth-order valence-electron chi connectivity index (χ4n) is 0.928. The molecule has 6 nitrogen and oxygen atoms in total. The van der Waals surface area contributed by atoms with Crippen LogP contribution in [0.15, 0.2) is 0 Å². The normalized spacial score (nSPS) is 35.9. The van der Waals surface area contributed by atoms with Crippen LogP contribution in [-0.4, -0.2) is 58.1 Å². The van der Waals surface area contributed by atoms with Gasteiger partial charge in [0.15, 0.2) is 5.78 Å². The SMILES string of the molecule is O.O=C1CO[C@H](CO)[C@@H](O)[C@@H]1O. The number of carbonyl (C=O) groups is 1. The second-order valence-corrected chi connectivity index (χ2v) is 2.43. The Bertz CT molecular complexity index is 158. The Labute approximate surface area is 68.7 Å². The summed E-state index contributed by atoms with van der Waals surface area (Å²) in [4.78, 5) is 10.6. The van der Waals surface area contributed by atoms with Gasteiger partial charge in [0, 0.05) is 0 Å². The van der Waals surface area contributed by atoms with Crippen LogP contribution in [0.5, 0.6) is 0 Å². The van der Waals surface area contributed by atoms with Gasteiger partial charge in [0.25, 0.3) is 0 Å². The van der Waals surface area contributed by atoms with Gasteiger partial charge < -0.3 is 25.5 Å². The molecule has 1 heterocycles. The Morgan fingerprint density at radius 3 is 2.58 bits per heavy atom. The first-order valence-corrected chi connectivity index (χ1v) is 3.28. The third-order valence-electron chi connectivity index (χ3n) is 1.65. The maximum absolute atomic E-state index is 10.6. The largest absolute Gasteiger partial charge is 0.412 e. The molecule has 12 heavy (non-hydrogen) atoms. The van der Waals surface area contributed by atoms with E-state index in [0.29, 0.717) is 0 Å². The summed E-state index contributed by atoms with van der Waals surface area (Å²) in [5.41, 5.74) is 0. The van der Waals surface area contributed by atoms with E-state index in [0.717, 1.165) is 0 Å². The van der Waals surface area contributed by atoms with Gasteiger partial charge in [0.2, 0.25) is 0 Å². The van der Waals surface area contributed by atoms with E-state index in [1.807, 2.05) is 0 Å². The highest BCUT2D eigenvalue weighted by atomic mass is 16.5. The van der Waals surface area contributed by atoms with Gasteiger partial charge in [-0.25, -0.2) is 0 Å². The van der Waals surface area contributed by atoms with Crippen molar-refractivity contribution in [2.45, 2.75) is 18.3 Å². The molecule has 1 aliphatic heterocycles. The Kier molecular flexibility index (Phi) is 4.29. The van der Waals surface area contributed by atoms with Crippen molar-refractivity contribution in [3.8, 4) is 0 Å². The fraction of sp³-hybridized carbons (Fsp3) is 0.833. The molecule has 1 rings (SSSR count). The van der Waals surface area contributed by atoms with Gasteiger partial charge in [-0.3, -0.25) is 4.79 Å². The molecule has 0 saturated carbocycles. The predicted molar refractivity (Wildman–Crippen MR) is 37.5 cm³/mol. The number of aliphatic hydroxyl groups excluding tert-OH is 3. The summed E-state index contributed by atoms with van der Waals surface area (Å²) in [6, 6.07) is 0. The maximum Gasteiger partial charge on any atom is 0.189 e. The summed E-state index contributed by atoms with van der Waals surface area (Å²) in [6.45, 7) is -0.644. The van der Waals surface area contributed by atoms with Crippen LogP contribution in [0.2, 0.25) is 0 Å². The van der Waals surface area contributed by atoms with Crippen molar-refractivity contribution in [3.05, 3.63) is 0 Å².